The molecule has 0 bridgehead atoms. The number of rotatable bonds is 2. The van der Waals surface area contributed by atoms with E-state index in [1.165, 1.54) is 12.8 Å². The van der Waals surface area contributed by atoms with E-state index in [9.17, 15) is 5.11 Å². The molecule has 1 fully saturated rings. The van der Waals surface area contributed by atoms with Crippen molar-refractivity contribution in [2.24, 2.45) is 11.3 Å². The van der Waals surface area contributed by atoms with Gasteiger partial charge >= 0.3 is 0 Å². The molecule has 0 amide bonds. The Morgan fingerprint density at radius 2 is 1.82 bits per heavy atom. The van der Waals surface area contributed by atoms with Gasteiger partial charge in [-0.3, -0.25) is 4.98 Å². The van der Waals surface area contributed by atoms with E-state index < -0.39 is 5.60 Å². The topological polar surface area (TPSA) is 33.1 Å². The third-order valence-electron chi connectivity index (χ3n) is 4.14. The first-order chi connectivity index (χ1) is 7.96. The van der Waals surface area contributed by atoms with E-state index in [4.69, 9.17) is 0 Å². The van der Waals surface area contributed by atoms with Gasteiger partial charge in [0.05, 0.1) is 5.69 Å². The van der Waals surface area contributed by atoms with Crippen LogP contribution in [0, 0.1) is 11.3 Å². The van der Waals surface area contributed by atoms with Crippen LogP contribution in [0.5, 0.6) is 0 Å². The van der Waals surface area contributed by atoms with Crippen LogP contribution in [0.1, 0.15) is 52.1 Å². The van der Waals surface area contributed by atoms with Crippen molar-refractivity contribution in [2.45, 2.75) is 52.1 Å². The minimum absolute atomic E-state index is 0.184. The van der Waals surface area contributed by atoms with Gasteiger partial charge in [-0.05, 0) is 36.3 Å². The zero-order valence-corrected chi connectivity index (χ0v) is 11.1. The lowest BCUT2D eigenvalue weighted by Crippen LogP contribution is -2.46. The Morgan fingerprint density at radius 1 is 1.18 bits per heavy atom. The van der Waals surface area contributed by atoms with E-state index in [0.717, 1.165) is 18.5 Å². The molecule has 0 saturated heterocycles. The van der Waals surface area contributed by atoms with Gasteiger partial charge in [0.25, 0.3) is 0 Å². The van der Waals surface area contributed by atoms with Gasteiger partial charge in [-0.1, -0.05) is 39.7 Å². The summed E-state index contributed by atoms with van der Waals surface area (Å²) in [4.78, 5) is 4.41. The highest BCUT2D eigenvalue weighted by Gasteiger charge is 2.49. The van der Waals surface area contributed by atoms with Gasteiger partial charge in [-0.25, -0.2) is 0 Å². The molecule has 0 spiro atoms. The van der Waals surface area contributed by atoms with Gasteiger partial charge in [0.2, 0.25) is 0 Å². The maximum absolute atomic E-state index is 11.3. The van der Waals surface area contributed by atoms with E-state index in [0.29, 0.717) is 5.92 Å². The highest BCUT2D eigenvalue weighted by molar-refractivity contribution is 5.18. The van der Waals surface area contributed by atoms with Crippen LogP contribution in [-0.4, -0.2) is 10.1 Å². The van der Waals surface area contributed by atoms with Crippen LogP contribution < -0.4 is 0 Å². The van der Waals surface area contributed by atoms with Crippen LogP contribution in [0.3, 0.4) is 0 Å². The maximum atomic E-state index is 11.3. The van der Waals surface area contributed by atoms with Crippen molar-refractivity contribution in [1.82, 2.24) is 4.98 Å². The molecule has 1 aliphatic carbocycles. The van der Waals surface area contributed by atoms with Crippen LogP contribution in [0.4, 0.5) is 0 Å². The molecule has 1 heterocycles. The predicted octanol–water partition coefficient (Wildman–Crippen LogP) is 3.51. The van der Waals surface area contributed by atoms with Gasteiger partial charge < -0.3 is 5.11 Å². The second kappa shape index (κ2) is 4.41. The van der Waals surface area contributed by atoms with E-state index in [1.807, 2.05) is 18.2 Å². The molecule has 1 N–H and O–H groups in total. The largest absolute Gasteiger partial charge is 0.383 e. The fourth-order valence-corrected chi connectivity index (χ4v) is 3.14. The number of hydrogen-bond acceptors (Lipinski definition) is 2. The SMILES string of the molecule is CC(C)(C)C(O)(c1ccccn1)C1CCCC1. The lowest BCUT2D eigenvalue weighted by atomic mass is 9.66. The third kappa shape index (κ3) is 2.11. The molecule has 1 atom stereocenters. The molecule has 2 rings (SSSR count). The normalized spacial score (nSPS) is 21.4. The van der Waals surface area contributed by atoms with Crippen molar-refractivity contribution >= 4 is 0 Å². The quantitative estimate of drug-likeness (QED) is 0.848. The fraction of sp³-hybridized carbons (Fsp3) is 0.667. The van der Waals surface area contributed by atoms with Crippen molar-refractivity contribution < 1.29 is 5.11 Å². The zero-order valence-electron chi connectivity index (χ0n) is 11.1. The lowest BCUT2D eigenvalue weighted by Gasteiger charge is -2.44. The molecular formula is C15H23NO. The van der Waals surface area contributed by atoms with E-state index in [1.54, 1.807) is 6.20 Å². The molecular weight excluding hydrogens is 210 g/mol. The molecule has 0 aromatic carbocycles. The molecule has 0 aliphatic heterocycles. The van der Waals surface area contributed by atoms with Crippen LogP contribution in [0.2, 0.25) is 0 Å². The molecule has 17 heavy (non-hydrogen) atoms. The molecule has 1 aromatic rings. The van der Waals surface area contributed by atoms with Crippen molar-refractivity contribution in [3.63, 3.8) is 0 Å². The standard InChI is InChI=1S/C15H23NO/c1-14(2,3)15(17,12-8-4-5-9-12)13-10-6-7-11-16-13/h6-7,10-12,17H,4-5,8-9H2,1-3H3. The van der Waals surface area contributed by atoms with Crippen LogP contribution in [0.15, 0.2) is 24.4 Å². The van der Waals surface area contributed by atoms with Crippen molar-refractivity contribution in [2.75, 3.05) is 0 Å². The highest BCUT2D eigenvalue weighted by Crippen LogP contribution is 2.49. The molecule has 94 valence electrons. The second-order valence-corrected chi connectivity index (χ2v) is 6.21. The number of aromatic nitrogens is 1. The first-order valence-corrected chi connectivity index (χ1v) is 6.60. The number of hydrogen-bond donors (Lipinski definition) is 1. The lowest BCUT2D eigenvalue weighted by molar-refractivity contribution is -0.114. The molecule has 0 radical (unpaired) electrons. The monoisotopic (exact) mass is 233 g/mol. The van der Waals surface area contributed by atoms with E-state index >= 15 is 0 Å². The zero-order chi connectivity index (χ0) is 12.5. The Kier molecular flexibility index (Phi) is 3.26. The summed E-state index contributed by atoms with van der Waals surface area (Å²) in [6.45, 7) is 6.33. The van der Waals surface area contributed by atoms with Gasteiger partial charge in [0, 0.05) is 6.20 Å². The molecule has 2 heteroatoms. The summed E-state index contributed by atoms with van der Waals surface area (Å²) in [7, 11) is 0. The first-order valence-electron chi connectivity index (χ1n) is 6.60. The second-order valence-electron chi connectivity index (χ2n) is 6.21. The smallest absolute Gasteiger partial charge is 0.114 e. The minimum Gasteiger partial charge on any atom is -0.383 e. The van der Waals surface area contributed by atoms with E-state index in [2.05, 4.69) is 25.8 Å². The van der Waals surface area contributed by atoms with Crippen LogP contribution >= 0.6 is 0 Å². The Morgan fingerprint density at radius 3 is 2.29 bits per heavy atom. The number of nitrogens with zero attached hydrogens (tertiary/aromatic N) is 1. The molecule has 1 aliphatic rings. The molecule has 2 nitrogen and oxygen atoms in total. The van der Waals surface area contributed by atoms with Crippen molar-refractivity contribution in [1.29, 1.82) is 0 Å². The summed E-state index contributed by atoms with van der Waals surface area (Å²) in [6.07, 6.45) is 6.47. The molecule has 1 unspecified atom stereocenters. The summed E-state index contributed by atoms with van der Waals surface area (Å²) in [6, 6.07) is 5.83. The van der Waals surface area contributed by atoms with Gasteiger partial charge in [-0.2, -0.15) is 0 Å². The van der Waals surface area contributed by atoms with Crippen molar-refractivity contribution in [3.05, 3.63) is 30.1 Å². The van der Waals surface area contributed by atoms with E-state index in [-0.39, 0.29) is 5.41 Å². The minimum atomic E-state index is -0.801. The van der Waals surface area contributed by atoms with Crippen LogP contribution in [0.25, 0.3) is 0 Å². The summed E-state index contributed by atoms with van der Waals surface area (Å²) in [5.41, 5.74) is -0.152. The highest BCUT2D eigenvalue weighted by atomic mass is 16.3. The number of pyridine rings is 1. The van der Waals surface area contributed by atoms with Crippen LogP contribution in [-0.2, 0) is 5.60 Å². The fourth-order valence-electron chi connectivity index (χ4n) is 3.14. The van der Waals surface area contributed by atoms with Gasteiger partial charge in [-0.15, -0.1) is 0 Å². The third-order valence-corrected chi connectivity index (χ3v) is 4.14. The Hall–Kier alpha value is -0.890. The average molecular weight is 233 g/mol. The summed E-state index contributed by atoms with van der Waals surface area (Å²) in [5, 5.41) is 11.3. The summed E-state index contributed by atoms with van der Waals surface area (Å²) < 4.78 is 0. The Labute approximate surface area is 104 Å². The average Bonchev–Trinajstić information content (AvgIpc) is 2.81. The van der Waals surface area contributed by atoms with Gasteiger partial charge in [0.1, 0.15) is 5.60 Å². The maximum Gasteiger partial charge on any atom is 0.114 e. The predicted molar refractivity (Wildman–Crippen MR) is 69.5 cm³/mol. The summed E-state index contributed by atoms with van der Waals surface area (Å²) >= 11 is 0. The first kappa shape index (κ1) is 12.6. The molecule has 1 saturated carbocycles. The Bertz CT molecular complexity index is 362. The molecule has 1 aromatic heterocycles. The van der Waals surface area contributed by atoms with Gasteiger partial charge in [0.15, 0.2) is 0 Å². The van der Waals surface area contributed by atoms with Crippen molar-refractivity contribution in [3.8, 4) is 0 Å². The Balaban J connectivity index is 2.44. The summed E-state index contributed by atoms with van der Waals surface area (Å²) in [5.74, 6) is 0.345. The number of aliphatic hydroxyl groups is 1.